The number of imidazole rings is 1. The van der Waals surface area contributed by atoms with Crippen molar-refractivity contribution in [3.8, 4) is 0 Å². The number of piperidine rings is 1. The van der Waals surface area contributed by atoms with E-state index in [1.54, 1.807) is 17.2 Å². The van der Waals surface area contributed by atoms with Crippen LogP contribution in [0.5, 0.6) is 0 Å². The smallest absolute Gasteiger partial charge is 0.409 e. The van der Waals surface area contributed by atoms with Crippen molar-refractivity contribution in [2.45, 2.75) is 50.6 Å². The van der Waals surface area contributed by atoms with Gasteiger partial charge in [-0.15, -0.1) is 0 Å². The van der Waals surface area contributed by atoms with Crippen molar-refractivity contribution in [1.82, 2.24) is 24.4 Å². The lowest BCUT2D eigenvalue weighted by atomic mass is 9.85. The fourth-order valence-electron chi connectivity index (χ4n) is 5.31. The van der Waals surface area contributed by atoms with E-state index >= 15 is 0 Å². The molecule has 1 aliphatic heterocycles. The van der Waals surface area contributed by atoms with Gasteiger partial charge in [0.2, 0.25) is 17.8 Å². The van der Waals surface area contributed by atoms with E-state index in [0.29, 0.717) is 61.8 Å². The first kappa shape index (κ1) is 26.0. The number of nitrogens with two attached hydrogens (primary N) is 1. The number of methoxy groups -OCH3 is 1. The second-order valence-electron chi connectivity index (χ2n) is 9.74. The normalized spacial score (nSPS) is 21.8. The summed E-state index contributed by atoms with van der Waals surface area (Å²) in [6, 6.07) is 4.37. The summed E-state index contributed by atoms with van der Waals surface area (Å²) >= 11 is 6.28. The quantitative estimate of drug-likeness (QED) is 0.419. The Labute approximate surface area is 223 Å². The summed E-state index contributed by atoms with van der Waals surface area (Å²) in [6.45, 7) is 1.11. The molecule has 3 aromatic rings. The van der Waals surface area contributed by atoms with E-state index in [-0.39, 0.29) is 40.7 Å². The van der Waals surface area contributed by atoms with Gasteiger partial charge in [0.25, 0.3) is 0 Å². The number of hydrogen-bond acceptors (Lipinski definition) is 8. The molecule has 1 saturated carbocycles. The lowest BCUT2D eigenvalue weighted by Crippen LogP contribution is -2.45. The standard InChI is InChI=1S/C25H30ClFN8O3/c1-38-25(37)34-11-3-4-15(13-34)30-23-29-12-19-22(33-23)35(16-9-7-14(8-10-16)21(28)36)24(31-19)32-20-17(26)5-2-6-18(20)27/h2,5-6,12,14-16H,3-4,7-11,13H2,1H3,(H2,28,36)(H,31,32)(H,29,30,33)/t14-,15?,16+. The maximum atomic E-state index is 14.6. The van der Waals surface area contributed by atoms with E-state index in [1.807, 2.05) is 4.57 Å². The summed E-state index contributed by atoms with van der Waals surface area (Å²) in [4.78, 5) is 39.3. The number of benzene rings is 1. The number of likely N-dealkylation sites (tertiary alicyclic amines) is 1. The Kier molecular flexibility index (Phi) is 7.50. The highest BCUT2D eigenvalue weighted by atomic mass is 35.5. The van der Waals surface area contributed by atoms with E-state index in [9.17, 15) is 14.0 Å². The molecule has 1 aliphatic carbocycles. The van der Waals surface area contributed by atoms with Gasteiger partial charge in [0, 0.05) is 31.1 Å². The van der Waals surface area contributed by atoms with Gasteiger partial charge in [-0.1, -0.05) is 17.7 Å². The molecular formula is C25H30ClFN8O3. The maximum Gasteiger partial charge on any atom is 0.409 e. The van der Waals surface area contributed by atoms with Crippen molar-refractivity contribution < 1.29 is 18.7 Å². The third-order valence-corrected chi connectivity index (χ3v) is 7.60. The van der Waals surface area contributed by atoms with Crippen LogP contribution in [0.2, 0.25) is 5.02 Å². The van der Waals surface area contributed by atoms with Gasteiger partial charge in [0.1, 0.15) is 11.3 Å². The molecule has 3 heterocycles. The van der Waals surface area contributed by atoms with Gasteiger partial charge in [-0.2, -0.15) is 4.98 Å². The third-order valence-electron chi connectivity index (χ3n) is 7.28. The maximum absolute atomic E-state index is 14.6. The number of fused-ring (bicyclic) bond motifs is 1. The minimum Gasteiger partial charge on any atom is -0.453 e. The Morgan fingerprint density at radius 2 is 1.97 bits per heavy atom. The highest BCUT2D eigenvalue weighted by Crippen LogP contribution is 2.38. The van der Waals surface area contributed by atoms with Crippen LogP contribution in [0.1, 0.15) is 44.6 Å². The van der Waals surface area contributed by atoms with Gasteiger partial charge in [-0.3, -0.25) is 9.36 Å². The Hall–Kier alpha value is -3.67. The van der Waals surface area contributed by atoms with E-state index in [4.69, 9.17) is 27.1 Å². The molecule has 0 radical (unpaired) electrons. The van der Waals surface area contributed by atoms with Gasteiger partial charge in [-0.05, 0) is 50.7 Å². The first-order valence-corrected chi connectivity index (χ1v) is 13.1. The van der Waals surface area contributed by atoms with Crippen molar-refractivity contribution in [3.05, 3.63) is 35.2 Å². The molecule has 1 aromatic carbocycles. The summed E-state index contributed by atoms with van der Waals surface area (Å²) in [5.41, 5.74) is 6.76. The zero-order valence-electron chi connectivity index (χ0n) is 21.0. The van der Waals surface area contributed by atoms with Crippen LogP contribution in [-0.2, 0) is 9.53 Å². The second-order valence-corrected chi connectivity index (χ2v) is 10.1. The molecule has 11 nitrogen and oxygen atoms in total. The Bertz CT molecular complexity index is 1320. The molecule has 2 amide bonds. The third kappa shape index (κ3) is 5.31. The number of carbonyl (C=O) groups excluding carboxylic acids is 2. The number of primary amides is 1. The Balaban J connectivity index is 1.47. The number of halogens is 2. The largest absolute Gasteiger partial charge is 0.453 e. The molecule has 13 heteroatoms. The van der Waals surface area contributed by atoms with E-state index in [0.717, 1.165) is 12.8 Å². The minimum atomic E-state index is -0.505. The number of nitrogens with one attached hydrogen (secondary N) is 2. The Morgan fingerprint density at radius 1 is 1.18 bits per heavy atom. The van der Waals surface area contributed by atoms with Crippen molar-refractivity contribution in [2.75, 3.05) is 30.8 Å². The monoisotopic (exact) mass is 544 g/mol. The van der Waals surface area contributed by atoms with Gasteiger partial charge >= 0.3 is 6.09 Å². The zero-order chi connectivity index (χ0) is 26.8. The number of anilines is 3. The molecule has 2 fully saturated rings. The average molecular weight is 545 g/mol. The minimum absolute atomic E-state index is 0.0440. The fraction of sp³-hybridized carbons (Fsp3) is 0.480. The molecule has 1 saturated heterocycles. The van der Waals surface area contributed by atoms with Crippen LogP contribution in [0.25, 0.3) is 11.2 Å². The zero-order valence-corrected chi connectivity index (χ0v) is 21.7. The van der Waals surface area contributed by atoms with Crippen LogP contribution in [0.4, 0.5) is 26.8 Å². The van der Waals surface area contributed by atoms with Gasteiger partial charge in [0.15, 0.2) is 5.65 Å². The fourth-order valence-corrected chi connectivity index (χ4v) is 5.52. The lowest BCUT2D eigenvalue weighted by molar-refractivity contribution is -0.122. The van der Waals surface area contributed by atoms with Gasteiger partial charge < -0.3 is 26.0 Å². The highest BCUT2D eigenvalue weighted by molar-refractivity contribution is 6.33. The van der Waals surface area contributed by atoms with Crippen LogP contribution in [-0.4, -0.2) is 62.7 Å². The van der Waals surface area contributed by atoms with Gasteiger partial charge in [0.05, 0.1) is 24.0 Å². The summed E-state index contributed by atoms with van der Waals surface area (Å²) in [6.07, 6.45) is 5.58. The molecule has 202 valence electrons. The van der Waals surface area contributed by atoms with Crippen LogP contribution >= 0.6 is 11.6 Å². The number of rotatable bonds is 6. The Morgan fingerprint density at radius 3 is 2.68 bits per heavy atom. The summed E-state index contributed by atoms with van der Waals surface area (Å²) < 4.78 is 21.4. The van der Waals surface area contributed by atoms with Crippen molar-refractivity contribution in [3.63, 3.8) is 0 Å². The van der Waals surface area contributed by atoms with Crippen LogP contribution < -0.4 is 16.4 Å². The molecular weight excluding hydrogens is 515 g/mol. The number of ether oxygens (including phenoxy) is 1. The molecule has 0 bridgehead atoms. The van der Waals surface area contributed by atoms with Gasteiger partial charge in [-0.25, -0.2) is 19.2 Å². The number of nitrogens with zero attached hydrogens (tertiary/aromatic N) is 5. The lowest BCUT2D eigenvalue weighted by Gasteiger charge is -2.32. The number of hydrogen-bond donors (Lipinski definition) is 3. The van der Waals surface area contributed by atoms with Crippen molar-refractivity contribution >= 4 is 52.3 Å². The van der Waals surface area contributed by atoms with Crippen molar-refractivity contribution in [1.29, 1.82) is 0 Å². The molecule has 38 heavy (non-hydrogen) atoms. The van der Waals surface area contributed by atoms with Crippen LogP contribution in [0.3, 0.4) is 0 Å². The summed E-state index contributed by atoms with van der Waals surface area (Å²) in [5.74, 6) is -0.186. The predicted molar refractivity (Wildman–Crippen MR) is 141 cm³/mol. The number of amides is 2. The topological polar surface area (TPSA) is 140 Å². The molecule has 4 N–H and O–H groups in total. The second kappa shape index (κ2) is 11.0. The molecule has 2 aromatic heterocycles. The van der Waals surface area contributed by atoms with E-state index in [1.165, 1.54) is 19.2 Å². The summed E-state index contributed by atoms with van der Waals surface area (Å²) in [5, 5.41) is 6.62. The average Bonchev–Trinajstić information content (AvgIpc) is 3.27. The van der Waals surface area contributed by atoms with Crippen LogP contribution in [0.15, 0.2) is 24.4 Å². The molecule has 5 rings (SSSR count). The molecule has 0 spiro atoms. The number of aromatic nitrogens is 4. The van der Waals surface area contributed by atoms with E-state index in [2.05, 4.69) is 20.6 Å². The first-order chi connectivity index (χ1) is 18.3. The number of para-hydroxylation sites is 1. The molecule has 1 unspecified atom stereocenters. The first-order valence-electron chi connectivity index (χ1n) is 12.7. The molecule has 2 aliphatic rings. The van der Waals surface area contributed by atoms with E-state index < -0.39 is 5.82 Å². The SMILES string of the molecule is COC(=O)N1CCCC(Nc2ncc3nc(Nc4c(F)cccc4Cl)n([C@H]4CC[C@@H](C(N)=O)CC4)c3n2)C1. The summed E-state index contributed by atoms with van der Waals surface area (Å²) in [7, 11) is 1.37. The predicted octanol–water partition coefficient (Wildman–Crippen LogP) is 4.22. The number of carbonyl (C=O) groups is 2. The molecule has 1 atom stereocenters. The highest BCUT2D eigenvalue weighted by Gasteiger charge is 2.30. The van der Waals surface area contributed by atoms with Crippen LogP contribution in [0, 0.1) is 11.7 Å². The van der Waals surface area contributed by atoms with Crippen molar-refractivity contribution in [2.24, 2.45) is 11.7 Å².